The van der Waals surface area contributed by atoms with Gasteiger partial charge in [-0.3, -0.25) is 14.5 Å². The number of nitriles is 1. The molecule has 10 nitrogen and oxygen atoms in total. The van der Waals surface area contributed by atoms with E-state index >= 15 is 0 Å². The number of aromatic carboxylic acids is 1. The van der Waals surface area contributed by atoms with Gasteiger partial charge in [-0.2, -0.15) is 5.26 Å². The number of benzene rings is 1. The van der Waals surface area contributed by atoms with Gasteiger partial charge in [-0.1, -0.05) is 44.4 Å². The summed E-state index contributed by atoms with van der Waals surface area (Å²) in [5.74, 6) is -3.13. The van der Waals surface area contributed by atoms with E-state index in [0.717, 1.165) is 19.6 Å². The van der Waals surface area contributed by atoms with Crippen LogP contribution in [0.2, 0.25) is 5.02 Å². The zero-order valence-electron chi connectivity index (χ0n) is 23.8. The Labute approximate surface area is 245 Å². The molecule has 4 N–H and O–H groups in total. The fourth-order valence-corrected chi connectivity index (χ4v) is 6.81. The van der Waals surface area contributed by atoms with Crippen molar-refractivity contribution in [2.45, 2.75) is 70.4 Å². The van der Waals surface area contributed by atoms with Crippen LogP contribution in [0.15, 0.2) is 18.2 Å². The normalized spacial score (nSPS) is 22.4. The summed E-state index contributed by atoms with van der Waals surface area (Å²) in [6.07, 6.45) is 3.00. The number of primary amides is 1. The molecule has 1 saturated heterocycles. The molecule has 2 heterocycles. The fourth-order valence-electron chi connectivity index (χ4n) is 6.64. The Morgan fingerprint density at radius 2 is 1.98 bits per heavy atom. The summed E-state index contributed by atoms with van der Waals surface area (Å²) in [5.41, 5.74) is 5.43. The van der Waals surface area contributed by atoms with E-state index in [1.165, 1.54) is 0 Å². The number of aryl methyl sites for hydroxylation is 1. The zero-order valence-corrected chi connectivity index (χ0v) is 24.6. The predicted octanol–water partition coefficient (Wildman–Crippen LogP) is 3.68. The number of fused-ring (bicyclic) bond motifs is 1. The van der Waals surface area contributed by atoms with Crippen LogP contribution < -0.4 is 11.1 Å². The van der Waals surface area contributed by atoms with E-state index < -0.39 is 35.2 Å². The molecule has 0 unspecified atom stereocenters. The number of nitrogens with zero attached hydrogens (tertiary/aromatic N) is 3. The van der Waals surface area contributed by atoms with Gasteiger partial charge in [0, 0.05) is 42.2 Å². The standard InChI is InChI=1S/C30H40ClN5O5/c1-19(2)16-21(18-32)34-27(37)23-6-3-4-9-30(23,29(33)40)25-22-8-7-20(31)17-24(22)36(26(25)28(38)39)11-5-10-35-12-14-41-15-13-35/h7-8,17,19,21,23H,3-6,9-16H2,1-2H3,(H2,33,40)(H,34,37)(H,38,39)/t21-,23-,30-/m0/s1. The molecule has 0 radical (unpaired) electrons. The molecule has 2 aromatic rings. The Morgan fingerprint density at radius 3 is 2.61 bits per heavy atom. The number of carbonyl (C=O) groups excluding carboxylic acids is 2. The van der Waals surface area contributed by atoms with Crippen LogP contribution in [0.1, 0.15) is 68.4 Å². The lowest BCUT2D eigenvalue weighted by molar-refractivity contribution is -0.137. The van der Waals surface area contributed by atoms with Crippen LogP contribution in [0, 0.1) is 23.2 Å². The average molecular weight is 586 g/mol. The zero-order chi connectivity index (χ0) is 29.7. The van der Waals surface area contributed by atoms with Gasteiger partial charge in [0.05, 0.1) is 36.1 Å². The van der Waals surface area contributed by atoms with Crippen LogP contribution in [-0.4, -0.2) is 71.2 Å². The van der Waals surface area contributed by atoms with Crippen LogP contribution in [0.25, 0.3) is 10.9 Å². The lowest BCUT2D eigenvalue weighted by atomic mass is 9.60. The first-order valence-electron chi connectivity index (χ1n) is 14.5. The number of halogens is 1. The Morgan fingerprint density at radius 1 is 1.24 bits per heavy atom. The second-order valence-electron chi connectivity index (χ2n) is 11.6. The van der Waals surface area contributed by atoms with Crippen molar-refractivity contribution in [3.05, 3.63) is 34.5 Å². The number of hydrogen-bond donors (Lipinski definition) is 3. The van der Waals surface area contributed by atoms with Crippen molar-refractivity contribution in [2.24, 2.45) is 17.6 Å². The van der Waals surface area contributed by atoms with E-state index in [-0.39, 0.29) is 23.6 Å². The molecule has 1 aromatic carbocycles. The molecule has 2 amide bonds. The average Bonchev–Trinajstić information content (AvgIpc) is 3.26. The van der Waals surface area contributed by atoms with Crippen LogP contribution in [0.3, 0.4) is 0 Å². The largest absolute Gasteiger partial charge is 0.477 e. The Bertz CT molecular complexity index is 1330. The molecule has 1 aliphatic carbocycles. The van der Waals surface area contributed by atoms with Gasteiger partial charge in [0.25, 0.3) is 0 Å². The van der Waals surface area contributed by atoms with Crippen molar-refractivity contribution in [3.8, 4) is 6.07 Å². The topological polar surface area (TPSA) is 151 Å². The first-order chi connectivity index (χ1) is 19.6. The number of hydrogen-bond acceptors (Lipinski definition) is 6. The molecular formula is C30H40ClN5O5. The van der Waals surface area contributed by atoms with Gasteiger partial charge in [0.2, 0.25) is 11.8 Å². The highest BCUT2D eigenvalue weighted by molar-refractivity contribution is 6.31. The second-order valence-corrected chi connectivity index (χ2v) is 12.0. The van der Waals surface area contributed by atoms with E-state index in [0.29, 0.717) is 67.8 Å². The van der Waals surface area contributed by atoms with Crippen molar-refractivity contribution < 1.29 is 24.2 Å². The first-order valence-corrected chi connectivity index (χ1v) is 14.8. The van der Waals surface area contributed by atoms with Crippen LogP contribution in [-0.2, 0) is 26.3 Å². The van der Waals surface area contributed by atoms with E-state index in [9.17, 15) is 24.8 Å². The third-order valence-electron chi connectivity index (χ3n) is 8.48. The molecular weight excluding hydrogens is 546 g/mol. The lowest BCUT2D eigenvalue weighted by Crippen LogP contribution is -2.56. The summed E-state index contributed by atoms with van der Waals surface area (Å²) < 4.78 is 7.15. The van der Waals surface area contributed by atoms with Gasteiger partial charge in [-0.15, -0.1) is 0 Å². The van der Waals surface area contributed by atoms with Crippen LogP contribution in [0.4, 0.5) is 0 Å². The maximum Gasteiger partial charge on any atom is 0.352 e. The van der Waals surface area contributed by atoms with Crippen LogP contribution >= 0.6 is 11.6 Å². The number of carboxylic acid groups (broad SMARTS) is 1. The number of rotatable bonds is 11. The summed E-state index contributed by atoms with van der Waals surface area (Å²) in [4.78, 5) is 42.7. The molecule has 2 fully saturated rings. The molecule has 11 heteroatoms. The van der Waals surface area contributed by atoms with E-state index in [1.807, 2.05) is 13.8 Å². The molecule has 4 rings (SSSR count). The summed E-state index contributed by atoms with van der Waals surface area (Å²) >= 11 is 6.40. The number of carboxylic acids is 1. The molecule has 1 saturated carbocycles. The fraction of sp³-hybridized carbons (Fsp3) is 0.600. The minimum absolute atomic E-state index is 0.0400. The summed E-state index contributed by atoms with van der Waals surface area (Å²) in [7, 11) is 0. The SMILES string of the molecule is CC(C)C[C@@H](C#N)NC(=O)[C@@H]1CCCC[C@@]1(C(N)=O)c1c(C(=O)O)n(CCCN2CCOCC2)c2cc(Cl)ccc12. The van der Waals surface area contributed by atoms with Crippen molar-refractivity contribution in [2.75, 3.05) is 32.8 Å². The summed E-state index contributed by atoms with van der Waals surface area (Å²) in [5, 5.41) is 24.1. The maximum absolute atomic E-state index is 13.8. The maximum atomic E-state index is 13.8. The van der Waals surface area contributed by atoms with Gasteiger partial charge in [-0.05, 0) is 43.7 Å². The van der Waals surface area contributed by atoms with Gasteiger partial charge in [-0.25, -0.2) is 4.79 Å². The minimum Gasteiger partial charge on any atom is -0.477 e. The highest BCUT2D eigenvalue weighted by atomic mass is 35.5. The second kappa shape index (κ2) is 13.2. The van der Waals surface area contributed by atoms with Gasteiger partial charge < -0.3 is 25.5 Å². The number of aromatic nitrogens is 1. The number of carbonyl (C=O) groups is 3. The Hall–Kier alpha value is -3.13. The van der Waals surface area contributed by atoms with E-state index in [4.69, 9.17) is 22.1 Å². The quantitative estimate of drug-likeness (QED) is 0.364. The Balaban J connectivity index is 1.83. The van der Waals surface area contributed by atoms with Crippen molar-refractivity contribution in [1.82, 2.24) is 14.8 Å². The minimum atomic E-state index is -1.56. The molecule has 0 spiro atoms. The number of morpholine rings is 1. The molecule has 222 valence electrons. The number of ether oxygens (including phenoxy) is 1. The summed E-state index contributed by atoms with van der Waals surface area (Å²) in [6.45, 7) is 8.03. The van der Waals surface area contributed by atoms with Crippen LogP contribution in [0.5, 0.6) is 0 Å². The molecule has 0 bridgehead atoms. The summed E-state index contributed by atoms with van der Waals surface area (Å²) in [6, 6.07) is 6.52. The smallest absolute Gasteiger partial charge is 0.352 e. The molecule has 1 aromatic heterocycles. The highest BCUT2D eigenvalue weighted by Crippen LogP contribution is 2.49. The number of nitrogens with two attached hydrogens (primary N) is 1. The number of amides is 2. The monoisotopic (exact) mass is 585 g/mol. The van der Waals surface area contributed by atoms with Gasteiger partial charge >= 0.3 is 5.97 Å². The van der Waals surface area contributed by atoms with Crippen molar-refractivity contribution in [1.29, 1.82) is 5.26 Å². The lowest BCUT2D eigenvalue weighted by Gasteiger charge is -2.41. The number of nitrogens with one attached hydrogen (secondary N) is 1. The molecule has 2 aliphatic rings. The van der Waals surface area contributed by atoms with Crippen molar-refractivity contribution in [3.63, 3.8) is 0 Å². The third kappa shape index (κ3) is 6.37. The van der Waals surface area contributed by atoms with E-state index in [1.54, 1.807) is 22.8 Å². The van der Waals surface area contributed by atoms with Gasteiger partial charge in [0.15, 0.2) is 0 Å². The van der Waals surface area contributed by atoms with E-state index in [2.05, 4.69) is 16.3 Å². The molecule has 3 atom stereocenters. The van der Waals surface area contributed by atoms with Gasteiger partial charge in [0.1, 0.15) is 11.7 Å². The Kier molecular flexibility index (Phi) is 9.95. The molecule has 41 heavy (non-hydrogen) atoms. The first kappa shape index (κ1) is 30.8. The predicted molar refractivity (Wildman–Crippen MR) is 156 cm³/mol. The molecule has 1 aliphatic heterocycles. The highest BCUT2D eigenvalue weighted by Gasteiger charge is 2.54. The third-order valence-corrected chi connectivity index (χ3v) is 8.71. The van der Waals surface area contributed by atoms with Crippen molar-refractivity contribution >= 4 is 40.3 Å².